The number of nitrogens with zero attached hydrogens (tertiary/aromatic N) is 1. The van der Waals surface area contributed by atoms with Gasteiger partial charge in [0.25, 0.3) is 5.91 Å². The van der Waals surface area contributed by atoms with Gasteiger partial charge in [0.05, 0.1) is 23.1 Å². The van der Waals surface area contributed by atoms with Gasteiger partial charge >= 0.3 is 5.97 Å². The van der Waals surface area contributed by atoms with Crippen molar-refractivity contribution in [2.24, 2.45) is 5.92 Å². The van der Waals surface area contributed by atoms with Gasteiger partial charge in [0, 0.05) is 13.1 Å². The van der Waals surface area contributed by atoms with E-state index in [1.54, 1.807) is 31.2 Å². The van der Waals surface area contributed by atoms with Crippen LogP contribution in [0.15, 0.2) is 24.3 Å². The zero-order chi connectivity index (χ0) is 16.8. The van der Waals surface area contributed by atoms with Crippen LogP contribution in [0, 0.1) is 5.92 Å². The van der Waals surface area contributed by atoms with Gasteiger partial charge < -0.3 is 9.64 Å². The van der Waals surface area contributed by atoms with Crippen molar-refractivity contribution in [3.63, 3.8) is 0 Å². The Balaban J connectivity index is 1.87. The molecule has 1 aliphatic heterocycles. The predicted molar refractivity (Wildman–Crippen MR) is 92.4 cm³/mol. The molecule has 0 spiro atoms. The standard InChI is InChI=1S/C16H19ClN2O3S/c1-2-22-15(21)11-7-9-19(10-8-11)16(23)18-14(20)12-5-3-4-6-13(12)17/h3-6,11H,2,7-10H2,1H3,(H,18,20,23). The van der Waals surface area contributed by atoms with Crippen molar-refractivity contribution in [2.45, 2.75) is 19.8 Å². The van der Waals surface area contributed by atoms with Crippen LogP contribution in [0.1, 0.15) is 30.1 Å². The van der Waals surface area contributed by atoms with Crippen molar-refractivity contribution in [1.82, 2.24) is 10.2 Å². The molecule has 1 aliphatic rings. The number of carbonyl (C=O) groups is 2. The van der Waals surface area contributed by atoms with Crippen molar-refractivity contribution in [2.75, 3.05) is 19.7 Å². The fourth-order valence-electron chi connectivity index (χ4n) is 2.47. The summed E-state index contributed by atoms with van der Waals surface area (Å²) in [5.74, 6) is -0.570. The number of halogens is 1. The SMILES string of the molecule is CCOC(=O)C1CCN(C(=S)NC(=O)c2ccccc2Cl)CC1. The summed E-state index contributed by atoms with van der Waals surface area (Å²) >= 11 is 11.3. The Bertz CT molecular complexity index is 601. The van der Waals surface area contributed by atoms with Crippen LogP contribution in [-0.2, 0) is 9.53 Å². The second-order valence-corrected chi connectivity index (χ2v) is 6.05. The summed E-state index contributed by atoms with van der Waals surface area (Å²) < 4.78 is 5.04. The fraction of sp³-hybridized carbons (Fsp3) is 0.438. The van der Waals surface area contributed by atoms with Crippen molar-refractivity contribution < 1.29 is 14.3 Å². The molecular formula is C16H19ClN2O3S. The van der Waals surface area contributed by atoms with Gasteiger partial charge in [-0.25, -0.2) is 0 Å². The molecule has 1 saturated heterocycles. The Morgan fingerprint density at radius 1 is 1.35 bits per heavy atom. The van der Waals surface area contributed by atoms with Gasteiger partial charge in [-0.15, -0.1) is 0 Å². The number of hydrogen-bond acceptors (Lipinski definition) is 4. The number of thiocarbonyl (C=S) groups is 1. The van der Waals surface area contributed by atoms with E-state index in [4.69, 9.17) is 28.6 Å². The molecule has 7 heteroatoms. The van der Waals surface area contributed by atoms with Gasteiger partial charge in [0.15, 0.2) is 5.11 Å². The van der Waals surface area contributed by atoms with Crippen molar-refractivity contribution in [3.8, 4) is 0 Å². The van der Waals surface area contributed by atoms with Crippen LogP contribution in [0.3, 0.4) is 0 Å². The number of rotatable bonds is 3. The maximum Gasteiger partial charge on any atom is 0.309 e. The lowest BCUT2D eigenvalue weighted by atomic mass is 9.97. The minimum atomic E-state index is -0.326. The van der Waals surface area contributed by atoms with E-state index >= 15 is 0 Å². The third kappa shape index (κ3) is 4.65. The molecule has 1 N–H and O–H groups in total. The van der Waals surface area contributed by atoms with E-state index in [2.05, 4.69) is 5.32 Å². The number of hydrogen-bond donors (Lipinski definition) is 1. The van der Waals surface area contributed by atoms with Crippen LogP contribution in [0.2, 0.25) is 5.02 Å². The van der Waals surface area contributed by atoms with Crippen molar-refractivity contribution >= 4 is 40.8 Å². The molecule has 124 valence electrons. The van der Waals surface area contributed by atoms with Gasteiger partial charge in [-0.3, -0.25) is 14.9 Å². The van der Waals surface area contributed by atoms with Gasteiger partial charge in [-0.05, 0) is 44.1 Å². The molecule has 0 radical (unpaired) electrons. The molecule has 1 heterocycles. The molecule has 1 amide bonds. The molecule has 0 bridgehead atoms. The summed E-state index contributed by atoms with van der Waals surface area (Å²) in [5, 5.41) is 3.44. The van der Waals surface area contributed by atoms with Crippen LogP contribution in [0.4, 0.5) is 0 Å². The van der Waals surface area contributed by atoms with E-state index in [-0.39, 0.29) is 17.8 Å². The zero-order valence-electron chi connectivity index (χ0n) is 12.9. The zero-order valence-corrected chi connectivity index (χ0v) is 14.5. The van der Waals surface area contributed by atoms with Crippen LogP contribution < -0.4 is 5.32 Å². The first kappa shape index (κ1) is 17.7. The molecule has 1 fully saturated rings. The largest absolute Gasteiger partial charge is 0.466 e. The average molecular weight is 355 g/mol. The molecular weight excluding hydrogens is 336 g/mol. The monoisotopic (exact) mass is 354 g/mol. The summed E-state index contributed by atoms with van der Waals surface area (Å²) in [7, 11) is 0. The Kier molecular flexibility index (Phi) is 6.36. The highest BCUT2D eigenvalue weighted by atomic mass is 35.5. The Hall–Kier alpha value is -1.66. The van der Waals surface area contributed by atoms with Crippen LogP contribution in [-0.4, -0.2) is 41.6 Å². The average Bonchev–Trinajstić information content (AvgIpc) is 2.55. The first-order valence-corrected chi connectivity index (χ1v) is 8.33. The van der Waals surface area contributed by atoms with Crippen molar-refractivity contribution in [3.05, 3.63) is 34.9 Å². The number of nitrogens with one attached hydrogen (secondary N) is 1. The van der Waals surface area contributed by atoms with E-state index in [1.807, 2.05) is 4.90 Å². The van der Waals surface area contributed by atoms with E-state index in [0.717, 1.165) is 0 Å². The fourth-order valence-corrected chi connectivity index (χ4v) is 2.96. The number of benzene rings is 1. The number of esters is 1. The molecule has 0 aliphatic carbocycles. The molecule has 23 heavy (non-hydrogen) atoms. The summed E-state index contributed by atoms with van der Waals surface area (Å²) in [6.45, 7) is 3.42. The lowest BCUT2D eigenvalue weighted by Crippen LogP contribution is -2.47. The lowest BCUT2D eigenvalue weighted by molar-refractivity contribution is -0.149. The summed E-state index contributed by atoms with van der Waals surface area (Å²) in [6, 6.07) is 6.81. The lowest BCUT2D eigenvalue weighted by Gasteiger charge is -2.32. The molecule has 0 unspecified atom stereocenters. The Labute approximate surface area is 145 Å². The van der Waals surface area contributed by atoms with E-state index in [9.17, 15) is 9.59 Å². The highest BCUT2D eigenvalue weighted by molar-refractivity contribution is 7.80. The summed E-state index contributed by atoms with van der Waals surface area (Å²) in [5.41, 5.74) is 0.387. The molecule has 5 nitrogen and oxygen atoms in total. The molecule has 2 rings (SSSR count). The van der Waals surface area contributed by atoms with E-state index < -0.39 is 0 Å². The third-order valence-corrected chi connectivity index (χ3v) is 4.43. The van der Waals surface area contributed by atoms with Gasteiger partial charge in [0.1, 0.15) is 0 Å². The maximum atomic E-state index is 12.2. The molecule has 1 aromatic rings. The third-order valence-electron chi connectivity index (χ3n) is 3.74. The number of amides is 1. The number of piperidine rings is 1. The molecule has 0 atom stereocenters. The topological polar surface area (TPSA) is 58.6 Å². The quantitative estimate of drug-likeness (QED) is 0.668. The second kappa shape index (κ2) is 8.26. The number of ether oxygens (including phenoxy) is 1. The van der Waals surface area contributed by atoms with Crippen LogP contribution in [0.5, 0.6) is 0 Å². The highest BCUT2D eigenvalue weighted by Gasteiger charge is 2.27. The normalized spacial score (nSPS) is 15.1. The van der Waals surface area contributed by atoms with Gasteiger partial charge in [-0.1, -0.05) is 23.7 Å². The highest BCUT2D eigenvalue weighted by Crippen LogP contribution is 2.19. The minimum absolute atomic E-state index is 0.0896. The summed E-state index contributed by atoms with van der Waals surface area (Å²) in [6.07, 6.45) is 1.34. The molecule has 0 aromatic heterocycles. The minimum Gasteiger partial charge on any atom is -0.466 e. The van der Waals surface area contributed by atoms with Crippen LogP contribution >= 0.6 is 23.8 Å². The first-order valence-electron chi connectivity index (χ1n) is 7.54. The van der Waals surface area contributed by atoms with E-state index in [1.165, 1.54) is 0 Å². The number of likely N-dealkylation sites (tertiary alicyclic amines) is 1. The Morgan fingerprint density at radius 3 is 2.61 bits per heavy atom. The molecule has 1 aromatic carbocycles. The van der Waals surface area contributed by atoms with Crippen molar-refractivity contribution in [1.29, 1.82) is 0 Å². The van der Waals surface area contributed by atoms with Crippen LogP contribution in [0.25, 0.3) is 0 Å². The summed E-state index contributed by atoms with van der Waals surface area (Å²) in [4.78, 5) is 25.8. The first-order chi connectivity index (χ1) is 11.0. The van der Waals surface area contributed by atoms with Gasteiger partial charge in [-0.2, -0.15) is 0 Å². The Morgan fingerprint density at radius 2 is 2.00 bits per heavy atom. The molecule has 0 saturated carbocycles. The van der Waals surface area contributed by atoms with E-state index in [0.29, 0.717) is 48.2 Å². The second-order valence-electron chi connectivity index (χ2n) is 5.25. The van der Waals surface area contributed by atoms with Gasteiger partial charge in [0.2, 0.25) is 0 Å². The smallest absolute Gasteiger partial charge is 0.309 e. The number of carbonyl (C=O) groups excluding carboxylic acids is 2. The maximum absolute atomic E-state index is 12.2. The predicted octanol–water partition coefficient (Wildman–Crippen LogP) is 2.63.